The van der Waals surface area contributed by atoms with E-state index < -0.39 is 33.5 Å². The fourth-order valence-electron chi connectivity index (χ4n) is 5.64. The van der Waals surface area contributed by atoms with Crippen LogP contribution in [0.2, 0.25) is 0 Å². The molecule has 10 nitrogen and oxygen atoms in total. The van der Waals surface area contributed by atoms with Gasteiger partial charge >= 0.3 is 0 Å². The fraction of sp³-hybridized carbons (Fsp3) is 0.615. The molecule has 38 heavy (non-hydrogen) atoms. The molecule has 6 rings (SSSR count). The number of nitrogens with one attached hydrogen (secondary N) is 2. The van der Waals surface area contributed by atoms with Gasteiger partial charge in [-0.25, -0.2) is 18.4 Å². The Labute approximate surface area is 226 Å². The lowest BCUT2D eigenvalue weighted by Crippen LogP contribution is -2.48. The van der Waals surface area contributed by atoms with Crippen molar-refractivity contribution in [1.82, 2.24) is 19.9 Å². The van der Waals surface area contributed by atoms with Crippen LogP contribution in [0.15, 0.2) is 12.3 Å². The van der Waals surface area contributed by atoms with Crippen LogP contribution in [0.4, 0.5) is 11.8 Å². The average molecular weight is 559 g/mol. The molecule has 3 heterocycles. The zero-order valence-electron chi connectivity index (χ0n) is 21.8. The molecule has 3 aromatic heterocycles. The van der Waals surface area contributed by atoms with Crippen LogP contribution in [0.3, 0.4) is 0 Å². The number of rotatable bonds is 8. The number of pyridine rings is 1. The van der Waals surface area contributed by atoms with E-state index in [1.165, 1.54) is 6.42 Å². The van der Waals surface area contributed by atoms with Crippen molar-refractivity contribution in [3.05, 3.63) is 23.7 Å². The molecule has 0 aliphatic heterocycles. The lowest BCUT2D eigenvalue weighted by molar-refractivity contribution is -0.0557. The van der Waals surface area contributed by atoms with Gasteiger partial charge in [0.2, 0.25) is 5.95 Å². The van der Waals surface area contributed by atoms with Gasteiger partial charge in [-0.1, -0.05) is 0 Å². The van der Waals surface area contributed by atoms with Crippen LogP contribution >= 0.6 is 11.3 Å². The van der Waals surface area contributed by atoms with Crippen LogP contribution in [0, 0.1) is 12.8 Å². The minimum absolute atomic E-state index is 0.193. The van der Waals surface area contributed by atoms with Crippen LogP contribution in [-0.2, 0) is 9.84 Å². The van der Waals surface area contributed by atoms with Gasteiger partial charge in [0, 0.05) is 30.3 Å². The molecule has 4 N–H and O–H groups in total. The van der Waals surface area contributed by atoms with Crippen molar-refractivity contribution in [1.29, 1.82) is 0 Å². The highest BCUT2D eigenvalue weighted by Gasteiger charge is 2.51. The minimum atomic E-state index is -3.33. The second-order valence-corrected chi connectivity index (χ2v) is 14.6. The summed E-state index contributed by atoms with van der Waals surface area (Å²) in [5.41, 5.74) is 1.88. The van der Waals surface area contributed by atoms with Crippen molar-refractivity contribution < 1.29 is 18.6 Å². The first kappa shape index (κ1) is 25.8. The first-order valence-corrected chi connectivity index (χ1v) is 16.1. The van der Waals surface area contributed by atoms with E-state index in [2.05, 4.69) is 15.6 Å². The topological polar surface area (TPSA) is 150 Å². The number of aryl methyl sites for hydroxylation is 1. The van der Waals surface area contributed by atoms with Crippen molar-refractivity contribution in [2.24, 2.45) is 5.92 Å². The lowest BCUT2D eigenvalue weighted by atomic mass is 9.93. The molecule has 0 bridgehead atoms. The van der Waals surface area contributed by atoms with Gasteiger partial charge in [0.15, 0.2) is 0 Å². The van der Waals surface area contributed by atoms with E-state index >= 15 is 0 Å². The molecule has 3 aliphatic carbocycles. The summed E-state index contributed by atoms with van der Waals surface area (Å²) in [7, 11) is -3.33. The normalized spacial score (nSPS) is 28.0. The summed E-state index contributed by atoms with van der Waals surface area (Å²) in [6.45, 7) is 3.47. The van der Waals surface area contributed by atoms with E-state index in [1.54, 1.807) is 18.3 Å². The van der Waals surface area contributed by atoms with Crippen LogP contribution in [0.5, 0.6) is 0 Å². The van der Waals surface area contributed by atoms with E-state index in [0.717, 1.165) is 64.1 Å². The van der Waals surface area contributed by atoms with Gasteiger partial charge in [-0.2, -0.15) is 4.98 Å². The van der Waals surface area contributed by atoms with Gasteiger partial charge in [0.1, 0.15) is 31.8 Å². The highest BCUT2D eigenvalue weighted by Crippen LogP contribution is 2.45. The van der Waals surface area contributed by atoms with Gasteiger partial charge in [-0.3, -0.25) is 4.98 Å². The molecule has 0 saturated heterocycles. The summed E-state index contributed by atoms with van der Waals surface area (Å²) in [4.78, 5) is 19.2. The van der Waals surface area contributed by atoms with Crippen molar-refractivity contribution in [3.8, 4) is 10.6 Å². The predicted molar refractivity (Wildman–Crippen MR) is 148 cm³/mol. The molecule has 0 spiro atoms. The molecule has 4 atom stereocenters. The Morgan fingerprint density at radius 2 is 1.92 bits per heavy atom. The van der Waals surface area contributed by atoms with Gasteiger partial charge in [-0.15, -0.1) is 11.3 Å². The standard InChI is InChI=1S/C26H34N6O4S2/c1-13-19(24-31-21-17(37-24)9-10-27-20(21)14-7-8-14)23(32-25(28-13)29-16-5-4-6-16)30-18-11-15(12-38(3,35)36)22(33)26(18,2)34/h9-10,14-16,18,22,33-34H,4-8,11-12H2,1-3H3,(H2,28,29,30,32)/t15-,18-,22-,26+/m1/s1. The summed E-state index contributed by atoms with van der Waals surface area (Å²) in [6, 6.07) is 1.69. The Kier molecular flexibility index (Phi) is 6.36. The third-order valence-corrected chi connectivity index (χ3v) is 10.2. The summed E-state index contributed by atoms with van der Waals surface area (Å²) in [6.07, 6.45) is 7.65. The third-order valence-electron chi connectivity index (χ3n) is 8.16. The Morgan fingerprint density at radius 1 is 1.16 bits per heavy atom. The molecule has 3 fully saturated rings. The molecule has 0 unspecified atom stereocenters. The highest BCUT2D eigenvalue weighted by atomic mass is 32.2. The van der Waals surface area contributed by atoms with E-state index in [1.807, 2.05) is 19.2 Å². The zero-order valence-corrected chi connectivity index (χ0v) is 23.4. The molecule has 204 valence electrons. The third kappa shape index (κ3) is 4.87. The number of aromatic nitrogens is 4. The molecule has 0 aromatic carbocycles. The molecular formula is C26H34N6O4S2. The van der Waals surface area contributed by atoms with Crippen molar-refractivity contribution >= 4 is 43.2 Å². The number of aliphatic hydroxyl groups is 2. The first-order chi connectivity index (χ1) is 18.0. The number of sulfone groups is 1. The van der Waals surface area contributed by atoms with Crippen LogP contribution in [0.25, 0.3) is 20.8 Å². The van der Waals surface area contributed by atoms with Crippen molar-refractivity contribution in [3.63, 3.8) is 0 Å². The molecule has 12 heteroatoms. The molecule has 3 aromatic rings. The van der Waals surface area contributed by atoms with Gasteiger partial charge in [-0.05, 0) is 58.4 Å². The number of fused-ring (bicyclic) bond motifs is 1. The van der Waals surface area contributed by atoms with Crippen molar-refractivity contribution in [2.75, 3.05) is 22.6 Å². The van der Waals surface area contributed by atoms with Gasteiger partial charge < -0.3 is 20.8 Å². The van der Waals surface area contributed by atoms with Crippen LogP contribution in [-0.4, -0.2) is 74.4 Å². The molecule has 3 aliphatic rings. The highest BCUT2D eigenvalue weighted by molar-refractivity contribution is 7.90. The quantitative estimate of drug-likeness (QED) is 0.324. The summed E-state index contributed by atoms with van der Waals surface area (Å²) < 4.78 is 25.0. The largest absolute Gasteiger partial charge is 0.390 e. The number of aliphatic hydroxyl groups excluding tert-OH is 1. The van der Waals surface area contributed by atoms with Crippen molar-refractivity contribution in [2.45, 2.75) is 82.1 Å². The van der Waals surface area contributed by atoms with Crippen LogP contribution in [0.1, 0.15) is 62.8 Å². The molecule has 0 radical (unpaired) electrons. The Bertz CT molecular complexity index is 1480. The second kappa shape index (κ2) is 9.35. The molecular weight excluding hydrogens is 524 g/mol. The lowest BCUT2D eigenvalue weighted by Gasteiger charge is -2.31. The van der Waals surface area contributed by atoms with Gasteiger partial charge in [0.25, 0.3) is 0 Å². The Balaban J connectivity index is 1.40. The van der Waals surface area contributed by atoms with E-state index in [0.29, 0.717) is 23.7 Å². The monoisotopic (exact) mass is 558 g/mol. The minimum Gasteiger partial charge on any atom is -0.390 e. The maximum absolute atomic E-state index is 12.0. The number of hydrogen-bond acceptors (Lipinski definition) is 11. The maximum atomic E-state index is 12.0. The fourth-order valence-corrected chi connectivity index (χ4v) is 7.81. The Morgan fingerprint density at radius 3 is 2.58 bits per heavy atom. The first-order valence-electron chi connectivity index (χ1n) is 13.3. The van der Waals surface area contributed by atoms with E-state index in [4.69, 9.17) is 15.0 Å². The predicted octanol–water partition coefficient (Wildman–Crippen LogP) is 3.26. The van der Waals surface area contributed by atoms with Gasteiger partial charge in [0.05, 0.1) is 39.5 Å². The smallest absolute Gasteiger partial charge is 0.225 e. The summed E-state index contributed by atoms with van der Waals surface area (Å²) >= 11 is 1.56. The number of thiazole rings is 1. The summed E-state index contributed by atoms with van der Waals surface area (Å²) in [5.74, 6) is 0.690. The summed E-state index contributed by atoms with van der Waals surface area (Å²) in [5, 5.41) is 29.7. The SMILES string of the molecule is Cc1nc(NC2CCC2)nc(N[C@@H]2C[C@H](CS(C)(=O)=O)[C@@H](O)[C@@]2(C)O)c1-c1nc2c(C3CC3)nccc2s1. The van der Waals surface area contributed by atoms with E-state index in [9.17, 15) is 18.6 Å². The second-order valence-electron chi connectivity index (χ2n) is 11.4. The number of anilines is 2. The molecule has 3 saturated carbocycles. The zero-order chi connectivity index (χ0) is 26.8. The average Bonchev–Trinajstić information content (AvgIpc) is 3.52. The number of nitrogens with zero attached hydrogens (tertiary/aromatic N) is 4. The Hall–Kier alpha value is -2.41. The molecule has 0 amide bonds. The van der Waals surface area contributed by atoms with E-state index in [-0.39, 0.29) is 12.2 Å². The maximum Gasteiger partial charge on any atom is 0.225 e. The number of hydrogen-bond donors (Lipinski definition) is 4. The van der Waals surface area contributed by atoms with Crippen LogP contribution < -0.4 is 10.6 Å².